The molecule has 0 bridgehead atoms. The summed E-state index contributed by atoms with van der Waals surface area (Å²) in [7, 11) is 3.49. The van der Waals surface area contributed by atoms with E-state index in [4.69, 9.17) is 16.3 Å². The normalized spacial score (nSPS) is 17.3. The quantitative estimate of drug-likeness (QED) is 0.479. The molecule has 0 amide bonds. The Morgan fingerprint density at radius 2 is 2.19 bits per heavy atom. The molecule has 0 spiro atoms. The van der Waals surface area contributed by atoms with Crippen molar-refractivity contribution in [1.29, 1.82) is 0 Å². The third-order valence-corrected chi connectivity index (χ3v) is 4.65. The van der Waals surface area contributed by atoms with E-state index >= 15 is 0 Å². The predicted octanol–water partition coefficient (Wildman–Crippen LogP) is 2.69. The van der Waals surface area contributed by atoms with Crippen LogP contribution >= 0.6 is 11.6 Å². The number of aliphatic imine (C=N–C) groups is 1. The Morgan fingerprint density at radius 1 is 1.35 bits per heavy atom. The molecule has 0 radical (unpaired) electrons. The molecule has 138 valence electrons. The van der Waals surface area contributed by atoms with Crippen molar-refractivity contribution in [2.75, 3.05) is 32.1 Å². The number of benzene rings is 1. The molecule has 1 aliphatic rings. The largest absolute Gasteiger partial charge is 0.495 e. The monoisotopic (exact) mass is 373 g/mol. The number of guanidine groups is 1. The molecule has 2 N–H and O–H groups in total. The molecule has 2 aromatic rings. The van der Waals surface area contributed by atoms with E-state index in [9.17, 15) is 0 Å². The highest BCUT2D eigenvalue weighted by atomic mass is 35.5. The van der Waals surface area contributed by atoms with Crippen LogP contribution in [0.15, 0.2) is 47.6 Å². The Balaban J connectivity index is 1.54. The number of pyridine rings is 1. The number of rotatable bonds is 5. The maximum absolute atomic E-state index is 5.82. The minimum atomic E-state index is 0.328. The third kappa shape index (κ3) is 4.58. The Hall–Kier alpha value is -2.47. The van der Waals surface area contributed by atoms with Gasteiger partial charge in [0.15, 0.2) is 5.96 Å². The van der Waals surface area contributed by atoms with Crippen LogP contribution in [-0.2, 0) is 6.54 Å². The number of hydrogen-bond acceptors (Lipinski definition) is 4. The molecule has 3 rings (SSSR count). The van der Waals surface area contributed by atoms with E-state index in [0.717, 1.165) is 42.5 Å². The van der Waals surface area contributed by atoms with Crippen molar-refractivity contribution in [3.05, 3.63) is 53.3 Å². The van der Waals surface area contributed by atoms with Crippen LogP contribution in [0.3, 0.4) is 0 Å². The zero-order valence-corrected chi connectivity index (χ0v) is 15.8. The van der Waals surface area contributed by atoms with Gasteiger partial charge in [-0.2, -0.15) is 0 Å². The van der Waals surface area contributed by atoms with E-state index in [1.807, 2.05) is 24.3 Å². The molecule has 1 unspecified atom stereocenters. The smallest absolute Gasteiger partial charge is 0.191 e. The number of anilines is 1. The topological polar surface area (TPSA) is 61.8 Å². The fourth-order valence-electron chi connectivity index (χ4n) is 3.07. The molecule has 1 fully saturated rings. The average molecular weight is 374 g/mol. The van der Waals surface area contributed by atoms with Gasteiger partial charge >= 0.3 is 0 Å². The molecular formula is C19H24ClN5O. The van der Waals surface area contributed by atoms with Gasteiger partial charge in [-0.25, -0.2) is 4.98 Å². The van der Waals surface area contributed by atoms with E-state index in [0.29, 0.717) is 17.7 Å². The summed E-state index contributed by atoms with van der Waals surface area (Å²) in [4.78, 5) is 10.8. The highest BCUT2D eigenvalue weighted by Crippen LogP contribution is 2.30. The first-order chi connectivity index (χ1) is 12.7. The average Bonchev–Trinajstić information content (AvgIpc) is 3.14. The molecule has 1 aromatic carbocycles. The number of hydrogen-bond donors (Lipinski definition) is 2. The summed E-state index contributed by atoms with van der Waals surface area (Å²) in [5.41, 5.74) is 2.19. The number of nitrogens with zero attached hydrogens (tertiary/aromatic N) is 3. The maximum atomic E-state index is 5.82. The number of nitrogens with one attached hydrogen (secondary N) is 2. The van der Waals surface area contributed by atoms with Crippen LogP contribution in [0.4, 0.5) is 5.69 Å². The standard InChI is InChI=1S/C19H24ClN5O/c1-21-19(23-12-14-7-8-18(20)22-11-14)24-15-9-10-25(13-15)16-5-3-4-6-17(16)26-2/h3-8,11,15H,9-10,12-13H2,1-2H3,(H2,21,23,24). The molecule has 1 aliphatic heterocycles. The summed E-state index contributed by atoms with van der Waals surface area (Å²) in [5, 5.41) is 7.31. The van der Waals surface area contributed by atoms with Crippen molar-refractivity contribution in [1.82, 2.24) is 15.6 Å². The first kappa shape index (κ1) is 18.3. The first-order valence-electron chi connectivity index (χ1n) is 8.65. The predicted molar refractivity (Wildman–Crippen MR) is 106 cm³/mol. The van der Waals surface area contributed by atoms with Crippen LogP contribution in [0.25, 0.3) is 0 Å². The molecule has 0 saturated carbocycles. The van der Waals surface area contributed by atoms with Crippen LogP contribution in [0.5, 0.6) is 5.75 Å². The van der Waals surface area contributed by atoms with Crippen LogP contribution in [0, 0.1) is 0 Å². The molecule has 26 heavy (non-hydrogen) atoms. The van der Waals surface area contributed by atoms with E-state index < -0.39 is 0 Å². The lowest BCUT2D eigenvalue weighted by molar-refractivity contribution is 0.415. The van der Waals surface area contributed by atoms with Crippen molar-refractivity contribution in [2.45, 2.75) is 19.0 Å². The van der Waals surface area contributed by atoms with Gasteiger partial charge in [0.1, 0.15) is 10.9 Å². The second-order valence-electron chi connectivity index (χ2n) is 6.16. The van der Waals surface area contributed by atoms with Crippen LogP contribution < -0.4 is 20.3 Å². The summed E-state index contributed by atoms with van der Waals surface area (Å²) >= 11 is 5.82. The van der Waals surface area contributed by atoms with Gasteiger partial charge < -0.3 is 20.3 Å². The SMILES string of the molecule is CN=C(NCc1ccc(Cl)nc1)NC1CCN(c2ccccc2OC)C1. The molecule has 1 atom stereocenters. The van der Waals surface area contributed by atoms with Crippen molar-refractivity contribution >= 4 is 23.2 Å². The van der Waals surface area contributed by atoms with Crippen molar-refractivity contribution in [2.24, 2.45) is 4.99 Å². The van der Waals surface area contributed by atoms with Crippen LogP contribution in [-0.4, -0.2) is 44.2 Å². The lowest BCUT2D eigenvalue weighted by atomic mass is 10.2. The highest BCUT2D eigenvalue weighted by Gasteiger charge is 2.25. The van der Waals surface area contributed by atoms with Crippen molar-refractivity contribution in [3.8, 4) is 5.75 Å². The number of para-hydroxylation sites is 2. The third-order valence-electron chi connectivity index (χ3n) is 4.43. The number of methoxy groups -OCH3 is 1. The van der Waals surface area contributed by atoms with Crippen molar-refractivity contribution < 1.29 is 4.74 Å². The Bertz CT molecular complexity index is 750. The van der Waals surface area contributed by atoms with Gasteiger partial charge in [-0.15, -0.1) is 0 Å². The van der Waals surface area contributed by atoms with E-state index in [1.165, 1.54) is 0 Å². The molecule has 1 saturated heterocycles. The fourth-order valence-corrected chi connectivity index (χ4v) is 3.18. The van der Waals surface area contributed by atoms with Gasteiger partial charge in [-0.1, -0.05) is 29.8 Å². The molecule has 7 heteroatoms. The summed E-state index contributed by atoms with van der Waals surface area (Å²) in [6.45, 7) is 2.53. The second-order valence-corrected chi connectivity index (χ2v) is 6.55. The molecule has 2 heterocycles. The van der Waals surface area contributed by atoms with Gasteiger partial charge in [0.05, 0.1) is 12.8 Å². The minimum Gasteiger partial charge on any atom is -0.495 e. The lowest BCUT2D eigenvalue weighted by Crippen LogP contribution is -2.44. The molecule has 0 aliphatic carbocycles. The Labute approximate surface area is 159 Å². The van der Waals surface area contributed by atoms with Gasteiger partial charge in [0.25, 0.3) is 0 Å². The zero-order valence-electron chi connectivity index (χ0n) is 15.1. The summed E-state index contributed by atoms with van der Waals surface area (Å²) in [5.74, 6) is 1.69. The zero-order chi connectivity index (χ0) is 18.4. The van der Waals surface area contributed by atoms with Crippen LogP contribution in [0.2, 0.25) is 5.15 Å². The Morgan fingerprint density at radius 3 is 2.92 bits per heavy atom. The Kier molecular flexibility index (Phi) is 6.17. The van der Waals surface area contributed by atoms with E-state index in [2.05, 4.69) is 31.6 Å². The lowest BCUT2D eigenvalue weighted by Gasteiger charge is -2.22. The number of ether oxygens (including phenoxy) is 1. The van der Waals surface area contributed by atoms with Crippen LogP contribution in [0.1, 0.15) is 12.0 Å². The van der Waals surface area contributed by atoms with E-state index in [-0.39, 0.29) is 0 Å². The summed E-state index contributed by atoms with van der Waals surface area (Å²) < 4.78 is 5.48. The second kappa shape index (κ2) is 8.76. The molecule has 1 aromatic heterocycles. The molecular weight excluding hydrogens is 350 g/mol. The first-order valence-corrected chi connectivity index (χ1v) is 9.03. The molecule has 6 nitrogen and oxygen atoms in total. The minimum absolute atomic E-state index is 0.328. The summed E-state index contributed by atoms with van der Waals surface area (Å²) in [6.07, 6.45) is 2.81. The van der Waals surface area contributed by atoms with Gasteiger partial charge in [-0.3, -0.25) is 4.99 Å². The number of halogens is 1. The van der Waals surface area contributed by atoms with Crippen molar-refractivity contribution in [3.63, 3.8) is 0 Å². The van der Waals surface area contributed by atoms with Gasteiger partial charge in [0.2, 0.25) is 0 Å². The maximum Gasteiger partial charge on any atom is 0.191 e. The summed E-state index contributed by atoms with van der Waals surface area (Å²) in [6, 6.07) is 12.2. The highest BCUT2D eigenvalue weighted by molar-refractivity contribution is 6.29. The van der Waals surface area contributed by atoms with Gasteiger partial charge in [-0.05, 0) is 30.2 Å². The van der Waals surface area contributed by atoms with E-state index in [1.54, 1.807) is 26.4 Å². The fraction of sp³-hybridized carbons (Fsp3) is 0.368. The number of aromatic nitrogens is 1. The van der Waals surface area contributed by atoms with Gasteiger partial charge in [0, 0.05) is 38.9 Å².